The van der Waals surface area contributed by atoms with Crippen molar-refractivity contribution in [2.45, 2.75) is 6.92 Å². The Morgan fingerprint density at radius 3 is 2.32 bits per heavy atom. The maximum Gasteiger partial charge on any atom is 0.235 e. The molecule has 0 aliphatic rings. The predicted molar refractivity (Wildman–Crippen MR) is 87.0 cm³/mol. The fraction of sp³-hybridized carbons (Fsp3) is 0.250. The summed E-state index contributed by atoms with van der Waals surface area (Å²) in [4.78, 5) is 0. The van der Waals surface area contributed by atoms with Gasteiger partial charge in [0.2, 0.25) is 10.0 Å². The van der Waals surface area contributed by atoms with Gasteiger partial charge in [0.05, 0.1) is 18.0 Å². The number of methoxy groups -OCH3 is 1. The Morgan fingerprint density at radius 1 is 1.00 bits per heavy atom. The van der Waals surface area contributed by atoms with E-state index in [1.807, 2.05) is 31.2 Å². The van der Waals surface area contributed by atoms with Crippen LogP contribution in [0.15, 0.2) is 48.5 Å². The second-order valence-corrected chi connectivity index (χ2v) is 6.62. The van der Waals surface area contributed by atoms with Gasteiger partial charge in [-0.25, -0.2) is 8.42 Å². The second-order valence-electron chi connectivity index (χ2n) is 4.78. The maximum atomic E-state index is 12.0. The lowest BCUT2D eigenvalue weighted by atomic mass is 10.2. The third-order valence-electron chi connectivity index (χ3n) is 3.02. The molecule has 6 heteroatoms. The van der Waals surface area contributed by atoms with Crippen molar-refractivity contribution in [2.75, 3.05) is 24.2 Å². The fourth-order valence-corrected chi connectivity index (χ4v) is 2.83. The van der Waals surface area contributed by atoms with Gasteiger partial charge < -0.3 is 9.47 Å². The lowest BCUT2D eigenvalue weighted by molar-refractivity contribution is 0.217. The molecule has 5 nitrogen and oxygen atoms in total. The Labute approximate surface area is 130 Å². The van der Waals surface area contributed by atoms with Crippen LogP contribution in [0.5, 0.6) is 11.5 Å². The number of hydrogen-bond acceptors (Lipinski definition) is 4. The standard InChI is InChI=1S/C16H19NO4S/c1-13-7-3-5-9-15(13)21-16-10-6-4-8-14(16)17-22(18,19)12-11-20-2/h3-10,17H,11-12H2,1-2H3. The van der Waals surface area contributed by atoms with Crippen LogP contribution in [0.25, 0.3) is 0 Å². The van der Waals surface area contributed by atoms with Gasteiger partial charge in [0, 0.05) is 7.11 Å². The van der Waals surface area contributed by atoms with E-state index in [4.69, 9.17) is 9.47 Å². The Morgan fingerprint density at radius 2 is 1.64 bits per heavy atom. The quantitative estimate of drug-likeness (QED) is 0.850. The zero-order valence-electron chi connectivity index (χ0n) is 12.6. The maximum absolute atomic E-state index is 12.0. The Kier molecular flexibility index (Phi) is 5.41. The highest BCUT2D eigenvalue weighted by molar-refractivity contribution is 7.92. The Balaban J connectivity index is 2.22. The van der Waals surface area contributed by atoms with E-state index < -0.39 is 10.0 Å². The lowest BCUT2D eigenvalue weighted by Crippen LogP contribution is -2.20. The summed E-state index contributed by atoms with van der Waals surface area (Å²) < 4.78 is 37.1. The fourth-order valence-electron chi connectivity index (χ4n) is 1.84. The SMILES string of the molecule is COCCS(=O)(=O)Nc1ccccc1Oc1ccccc1C. The molecule has 0 aliphatic heterocycles. The number of sulfonamides is 1. The predicted octanol–water partition coefficient (Wildman–Crippen LogP) is 3.18. The zero-order chi connectivity index (χ0) is 16.0. The van der Waals surface area contributed by atoms with E-state index in [0.29, 0.717) is 17.2 Å². The minimum absolute atomic E-state index is 0.109. The van der Waals surface area contributed by atoms with E-state index in [0.717, 1.165) is 5.56 Å². The molecule has 0 radical (unpaired) electrons. The molecule has 22 heavy (non-hydrogen) atoms. The molecule has 118 valence electrons. The molecule has 0 fully saturated rings. The number of anilines is 1. The van der Waals surface area contributed by atoms with E-state index in [-0.39, 0.29) is 12.4 Å². The minimum atomic E-state index is -3.48. The Bertz CT molecular complexity index is 728. The van der Waals surface area contributed by atoms with E-state index >= 15 is 0 Å². The number of ether oxygens (including phenoxy) is 2. The number of para-hydroxylation sites is 3. The molecule has 0 spiro atoms. The van der Waals surface area contributed by atoms with E-state index in [1.54, 1.807) is 24.3 Å². The number of aryl methyl sites for hydroxylation is 1. The third kappa shape index (κ3) is 4.47. The number of benzene rings is 2. The van der Waals surface area contributed by atoms with Crippen LogP contribution < -0.4 is 9.46 Å². The van der Waals surface area contributed by atoms with Crippen molar-refractivity contribution >= 4 is 15.7 Å². The molecule has 0 aliphatic carbocycles. The molecule has 0 atom stereocenters. The van der Waals surface area contributed by atoms with Gasteiger partial charge >= 0.3 is 0 Å². The van der Waals surface area contributed by atoms with Gasteiger partial charge in [-0.3, -0.25) is 4.72 Å². The van der Waals surface area contributed by atoms with Gasteiger partial charge in [-0.15, -0.1) is 0 Å². The van der Waals surface area contributed by atoms with Gasteiger partial charge in [-0.2, -0.15) is 0 Å². The van der Waals surface area contributed by atoms with Crippen molar-refractivity contribution in [1.82, 2.24) is 0 Å². The molecule has 0 amide bonds. The van der Waals surface area contributed by atoms with Crippen LogP contribution >= 0.6 is 0 Å². The summed E-state index contributed by atoms with van der Waals surface area (Å²) in [6, 6.07) is 14.5. The van der Waals surface area contributed by atoms with Gasteiger partial charge in [0.1, 0.15) is 5.75 Å². The molecular formula is C16H19NO4S. The summed E-state index contributed by atoms with van der Waals surface area (Å²) in [6.07, 6.45) is 0. The summed E-state index contributed by atoms with van der Waals surface area (Å²) in [5.74, 6) is 1.03. The molecule has 2 aromatic carbocycles. The molecule has 0 bridgehead atoms. The number of hydrogen-bond donors (Lipinski definition) is 1. The molecule has 0 unspecified atom stereocenters. The largest absolute Gasteiger partial charge is 0.455 e. The molecule has 0 saturated heterocycles. The van der Waals surface area contributed by atoms with E-state index in [1.165, 1.54) is 7.11 Å². The highest BCUT2D eigenvalue weighted by Crippen LogP contribution is 2.31. The van der Waals surface area contributed by atoms with Gasteiger partial charge in [0.25, 0.3) is 0 Å². The Hall–Kier alpha value is -2.05. The lowest BCUT2D eigenvalue weighted by Gasteiger charge is -2.14. The first-order valence-corrected chi connectivity index (χ1v) is 8.49. The van der Waals surface area contributed by atoms with Crippen LogP contribution in [0, 0.1) is 6.92 Å². The molecule has 1 N–H and O–H groups in total. The first-order chi connectivity index (χ1) is 10.5. The number of rotatable bonds is 7. The number of nitrogens with one attached hydrogen (secondary N) is 1. The van der Waals surface area contributed by atoms with Crippen LogP contribution in [-0.4, -0.2) is 27.9 Å². The van der Waals surface area contributed by atoms with Gasteiger partial charge in [0.15, 0.2) is 5.75 Å². The van der Waals surface area contributed by atoms with Crippen LogP contribution in [0.1, 0.15) is 5.56 Å². The van der Waals surface area contributed by atoms with Crippen LogP contribution in [0.4, 0.5) is 5.69 Å². The highest BCUT2D eigenvalue weighted by atomic mass is 32.2. The summed E-state index contributed by atoms with van der Waals surface area (Å²) in [6.45, 7) is 2.07. The van der Waals surface area contributed by atoms with Crippen molar-refractivity contribution in [1.29, 1.82) is 0 Å². The second kappa shape index (κ2) is 7.29. The molecule has 0 aromatic heterocycles. The highest BCUT2D eigenvalue weighted by Gasteiger charge is 2.14. The average Bonchev–Trinajstić information content (AvgIpc) is 2.49. The topological polar surface area (TPSA) is 64.6 Å². The molecular weight excluding hydrogens is 302 g/mol. The van der Waals surface area contributed by atoms with Crippen molar-refractivity contribution in [2.24, 2.45) is 0 Å². The average molecular weight is 321 g/mol. The van der Waals surface area contributed by atoms with Crippen molar-refractivity contribution in [3.8, 4) is 11.5 Å². The molecule has 2 rings (SSSR count). The summed E-state index contributed by atoms with van der Waals surface area (Å²) in [5, 5.41) is 0. The first kappa shape index (κ1) is 16.3. The van der Waals surface area contributed by atoms with Gasteiger partial charge in [-0.1, -0.05) is 30.3 Å². The summed E-state index contributed by atoms with van der Waals surface area (Å²) >= 11 is 0. The van der Waals surface area contributed by atoms with Crippen molar-refractivity contribution in [3.05, 3.63) is 54.1 Å². The normalized spacial score (nSPS) is 11.2. The van der Waals surface area contributed by atoms with Crippen molar-refractivity contribution < 1.29 is 17.9 Å². The van der Waals surface area contributed by atoms with E-state index in [9.17, 15) is 8.42 Å². The van der Waals surface area contributed by atoms with Gasteiger partial charge in [-0.05, 0) is 30.7 Å². The van der Waals surface area contributed by atoms with Crippen LogP contribution in [0.2, 0.25) is 0 Å². The van der Waals surface area contributed by atoms with Crippen LogP contribution in [-0.2, 0) is 14.8 Å². The zero-order valence-corrected chi connectivity index (χ0v) is 13.4. The summed E-state index contributed by atoms with van der Waals surface area (Å²) in [5.41, 5.74) is 1.38. The minimum Gasteiger partial charge on any atom is -0.455 e. The van der Waals surface area contributed by atoms with Crippen LogP contribution in [0.3, 0.4) is 0 Å². The molecule has 0 heterocycles. The smallest absolute Gasteiger partial charge is 0.235 e. The molecule has 0 saturated carbocycles. The van der Waals surface area contributed by atoms with E-state index in [2.05, 4.69) is 4.72 Å². The monoisotopic (exact) mass is 321 g/mol. The third-order valence-corrected chi connectivity index (χ3v) is 4.26. The first-order valence-electron chi connectivity index (χ1n) is 6.84. The van der Waals surface area contributed by atoms with Crippen molar-refractivity contribution in [3.63, 3.8) is 0 Å². The molecule has 2 aromatic rings. The summed E-state index contributed by atoms with van der Waals surface area (Å²) in [7, 11) is -2.01.